The molecule has 5 heteroatoms. The Balaban J connectivity index is 2.42. The van der Waals surface area contributed by atoms with Crippen LogP contribution in [0.3, 0.4) is 0 Å². The molecule has 0 fully saturated rings. The van der Waals surface area contributed by atoms with Crippen molar-refractivity contribution < 1.29 is 4.74 Å². The molecule has 5 nitrogen and oxygen atoms in total. The Hall–Kier alpha value is -1.75. The van der Waals surface area contributed by atoms with Gasteiger partial charge in [-0.25, -0.2) is 0 Å². The van der Waals surface area contributed by atoms with Crippen LogP contribution in [0.25, 0.3) is 0 Å². The first kappa shape index (κ1) is 21.3. The summed E-state index contributed by atoms with van der Waals surface area (Å²) in [7, 11) is 1.69. The number of nitrogens with one attached hydrogen (secondary N) is 3. The van der Waals surface area contributed by atoms with Gasteiger partial charge in [-0.05, 0) is 57.7 Å². The van der Waals surface area contributed by atoms with Gasteiger partial charge in [-0.2, -0.15) is 0 Å². The summed E-state index contributed by atoms with van der Waals surface area (Å²) in [5.74, 6) is 2.26. The van der Waals surface area contributed by atoms with Gasteiger partial charge in [0.2, 0.25) is 0 Å². The molecule has 0 bridgehead atoms. The van der Waals surface area contributed by atoms with E-state index < -0.39 is 0 Å². The second-order valence-corrected chi connectivity index (χ2v) is 7.33. The Morgan fingerprint density at radius 2 is 1.80 bits per heavy atom. The molecule has 1 aromatic carbocycles. The number of hydrogen-bond acceptors (Lipinski definition) is 3. The predicted octanol–water partition coefficient (Wildman–Crippen LogP) is 3.13. The van der Waals surface area contributed by atoms with Gasteiger partial charge in [0.1, 0.15) is 5.75 Å². The van der Waals surface area contributed by atoms with Crippen LogP contribution in [0.4, 0.5) is 0 Å². The third-order valence-electron chi connectivity index (χ3n) is 3.93. The largest absolute Gasteiger partial charge is 0.497 e. The van der Waals surface area contributed by atoms with Gasteiger partial charge in [0.05, 0.1) is 7.11 Å². The van der Waals surface area contributed by atoms with E-state index in [4.69, 9.17) is 4.74 Å². The normalized spacial score (nSPS) is 13.4. The predicted molar refractivity (Wildman–Crippen MR) is 108 cm³/mol. The number of aliphatic imine (C=N–C) groups is 1. The molecule has 3 N–H and O–H groups in total. The van der Waals surface area contributed by atoms with Crippen molar-refractivity contribution in [1.82, 2.24) is 16.0 Å². The topological polar surface area (TPSA) is 57.7 Å². The Morgan fingerprint density at radius 3 is 2.36 bits per heavy atom. The van der Waals surface area contributed by atoms with E-state index in [1.807, 2.05) is 12.1 Å². The van der Waals surface area contributed by atoms with Crippen molar-refractivity contribution in [2.45, 2.75) is 52.5 Å². The van der Waals surface area contributed by atoms with Crippen molar-refractivity contribution in [3.05, 3.63) is 29.8 Å². The SMILES string of the molecule is CCNC(=NCCC(C)c1ccc(OC)cc1)NCCNC(C)(C)C. The summed E-state index contributed by atoms with van der Waals surface area (Å²) in [6, 6.07) is 8.30. The standard InChI is InChI=1S/C20H36N4O/c1-7-21-19(23-14-15-24-20(3,4)5)22-13-12-16(2)17-8-10-18(25-6)11-9-17/h8-11,16,24H,7,12-15H2,1-6H3,(H2,21,22,23). The van der Waals surface area contributed by atoms with Gasteiger partial charge in [-0.1, -0.05) is 19.1 Å². The molecule has 25 heavy (non-hydrogen) atoms. The molecule has 1 unspecified atom stereocenters. The van der Waals surface area contributed by atoms with E-state index in [2.05, 4.69) is 67.7 Å². The van der Waals surface area contributed by atoms with E-state index in [0.29, 0.717) is 5.92 Å². The molecule has 1 rings (SSSR count). The minimum atomic E-state index is 0.144. The van der Waals surface area contributed by atoms with Crippen LogP contribution < -0.4 is 20.7 Å². The Labute approximate surface area is 153 Å². The number of guanidine groups is 1. The summed E-state index contributed by atoms with van der Waals surface area (Å²) >= 11 is 0. The fraction of sp³-hybridized carbons (Fsp3) is 0.650. The Morgan fingerprint density at radius 1 is 1.12 bits per heavy atom. The first-order valence-electron chi connectivity index (χ1n) is 9.27. The van der Waals surface area contributed by atoms with Crippen molar-refractivity contribution in [3.63, 3.8) is 0 Å². The molecule has 0 saturated heterocycles. The highest BCUT2D eigenvalue weighted by molar-refractivity contribution is 5.79. The minimum absolute atomic E-state index is 0.144. The lowest BCUT2D eigenvalue weighted by Gasteiger charge is -2.21. The summed E-state index contributed by atoms with van der Waals surface area (Å²) in [5, 5.41) is 10.2. The van der Waals surface area contributed by atoms with Crippen LogP contribution in [0.1, 0.15) is 52.5 Å². The molecular formula is C20H36N4O. The average molecular weight is 349 g/mol. The number of rotatable bonds is 9. The van der Waals surface area contributed by atoms with Crippen LogP contribution in [0.5, 0.6) is 5.75 Å². The fourth-order valence-corrected chi connectivity index (χ4v) is 2.43. The lowest BCUT2D eigenvalue weighted by atomic mass is 9.98. The zero-order chi connectivity index (χ0) is 18.7. The lowest BCUT2D eigenvalue weighted by molar-refractivity contribution is 0.414. The number of hydrogen-bond donors (Lipinski definition) is 3. The maximum absolute atomic E-state index is 5.21. The van der Waals surface area contributed by atoms with E-state index in [1.54, 1.807) is 7.11 Å². The zero-order valence-corrected chi connectivity index (χ0v) is 16.8. The second kappa shape index (κ2) is 11.0. The molecule has 0 aromatic heterocycles. The highest BCUT2D eigenvalue weighted by atomic mass is 16.5. The minimum Gasteiger partial charge on any atom is -0.497 e. The molecule has 0 amide bonds. The molecule has 0 aliphatic rings. The lowest BCUT2D eigenvalue weighted by Crippen LogP contribution is -2.44. The molecule has 0 radical (unpaired) electrons. The third kappa shape index (κ3) is 9.34. The van der Waals surface area contributed by atoms with Crippen LogP contribution in [-0.4, -0.2) is 44.8 Å². The first-order valence-corrected chi connectivity index (χ1v) is 9.27. The Bertz CT molecular complexity index is 505. The van der Waals surface area contributed by atoms with E-state index >= 15 is 0 Å². The van der Waals surface area contributed by atoms with Gasteiger partial charge in [-0.15, -0.1) is 0 Å². The quantitative estimate of drug-likeness (QED) is 0.365. The highest BCUT2D eigenvalue weighted by Gasteiger charge is 2.08. The molecular weight excluding hydrogens is 312 g/mol. The van der Waals surface area contributed by atoms with Crippen LogP contribution >= 0.6 is 0 Å². The molecule has 0 aliphatic heterocycles. The summed E-state index contributed by atoms with van der Waals surface area (Å²) in [5.41, 5.74) is 1.47. The van der Waals surface area contributed by atoms with Crippen molar-refractivity contribution in [2.75, 3.05) is 33.3 Å². The van der Waals surface area contributed by atoms with Crippen molar-refractivity contribution in [3.8, 4) is 5.75 Å². The number of methoxy groups -OCH3 is 1. The summed E-state index contributed by atoms with van der Waals surface area (Å²) in [4.78, 5) is 4.69. The second-order valence-electron chi connectivity index (χ2n) is 7.33. The molecule has 142 valence electrons. The van der Waals surface area contributed by atoms with E-state index in [-0.39, 0.29) is 5.54 Å². The maximum atomic E-state index is 5.21. The molecule has 0 saturated carbocycles. The smallest absolute Gasteiger partial charge is 0.191 e. The number of nitrogens with zero attached hydrogens (tertiary/aromatic N) is 1. The average Bonchev–Trinajstić information content (AvgIpc) is 2.57. The van der Waals surface area contributed by atoms with Gasteiger partial charge in [0.15, 0.2) is 5.96 Å². The van der Waals surface area contributed by atoms with Gasteiger partial charge in [0, 0.05) is 31.7 Å². The van der Waals surface area contributed by atoms with Crippen LogP contribution in [0.2, 0.25) is 0 Å². The van der Waals surface area contributed by atoms with Crippen molar-refractivity contribution >= 4 is 5.96 Å². The highest BCUT2D eigenvalue weighted by Crippen LogP contribution is 2.21. The molecule has 0 heterocycles. The van der Waals surface area contributed by atoms with E-state index in [0.717, 1.165) is 44.3 Å². The van der Waals surface area contributed by atoms with Crippen LogP contribution in [0.15, 0.2) is 29.3 Å². The van der Waals surface area contributed by atoms with E-state index in [1.165, 1.54) is 5.56 Å². The van der Waals surface area contributed by atoms with Gasteiger partial charge >= 0.3 is 0 Å². The molecule has 0 spiro atoms. The summed E-state index contributed by atoms with van der Waals surface area (Å²) in [6.45, 7) is 14.3. The Kier molecular flexibility index (Phi) is 9.35. The van der Waals surface area contributed by atoms with Crippen LogP contribution in [0, 0.1) is 0 Å². The summed E-state index contributed by atoms with van der Waals surface area (Å²) in [6.07, 6.45) is 1.02. The van der Waals surface area contributed by atoms with Crippen LogP contribution in [-0.2, 0) is 0 Å². The monoisotopic (exact) mass is 348 g/mol. The zero-order valence-electron chi connectivity index (χ0n) is 16.8. The molecule has 0 aliphatic carbocycles. The van der Waals surface area contributed by atoms with Crippen molar-refractivity contribution in [2.24, 2.45) is 4.99 Å². The summed E-state index contributed by atoms with van der Waals surface area (Å²) < 4.78 is 5.21. The van der Waals surface area contributed by atoms with Gasteiger partial charge in [0.25, 0.3) is 0 Å². The first-order chi connectivity index (χ1) is 11.9. The maximum Gasteiger partial charge on any atom is 0.191 e. The van der Waals surface area contributed by atoms with Gasteiger partial charge < -0.3 is 20.7 Å². The van der Waals surface area contributed by atoms with Crippen molar-refractivity contribution in [1.29, 1.82) is 0 Å². The molecule has 1 atom stereocenters. The van der Waals surface area contributed by atoms with Gasteiger partial charge in [-0.3, -0.25) is 4.99 Å². The number of ether oxygens (including phenoxy) is 1. The van der Waals surface area contributed by atoms with E-state index in [9.17, 15) is 0 Å². The number of benzene rings is 1. The molecule has 1 aromatic rings. The fourth-order valence-electron chi connectivity index (χ4n) is 2.43. The third-order valence-corrected chi connectivity index (χ3v) is 3.93.